The number of nitrogens with two attached hydrogens (primary N) is 1. The number of phenolic OH excluding ortho intramolecular Hbond substituents is 1. The lowest BCUT2D eigenvalue weighted by Gasteiger charge is -2.17. The fourth-order valence-corrected chi connectivity index (χ4v) is 11.9. The van der Waals surface area contributed by atoms with Crippen LogP contribution in [0.15, 0.2) is 123 Å². The molecule has 38 nitrogen and oxygen atoms in total. The van der Waals surface area contributed by atoms with Crippen LogP contribution >= 0.6 is 11.8 Å². The van der Waals surface area contributed by atoms with Crippen molar-refractivity contribution in [3.63, 3.8) is 0 Å². The summed E-state index contributed by atoms with van der Waals surface area (Å²) in [4.78, 5) is 113. The summed E-state index contributed by atoms with van der Waals surface area (Å²) in [6.45, 7) is 9.28. The van der Waals surface area contributed by atoms with Crippen molar-refractivity contribution in [2.45, 2.75) is 49.6 Å². The third-order valence-corrected chi connectivity index (χ3v) is 17.7. The summed E-state index contributed by atoms with van der Waals surface area (Å²) in [7, 11) is 0. The summed E-state index contributed by atoms with van der Waals surface area (Å²) in [6.07, 6.45) is -0.134. The number of nitrogens with one attached hydrogen (secondary N) is 8. The van der Waals surface area contributed by atoms with Gasteiger partial charge in [-0.1, -0.05) is 12.1 Å². The Kier molecular flexibility index (Phi) is 43.8. The lowest BCUT2D eigenvalue weighted by Crippen LogP contribution is -2.48. The highest BCUT2D eigenvalue weighted by Gasteiger charge is 2.26. The molecule has 0 spiro atoms. The van der Waals surface area contributed by atoms with E-state index >= 15 is 0 Å². The van der Waals surface area contributed by atoms with Crippen molar-refractivity contribution in [2.75, 3.05) is 207 Å². The molecule has 1 aliphatic heterocycles. The molecule has 119 heavy (non-hydrogen) atoms. The third-order valence-electron chi connectivity index (χ3n) is 16.7. The number of carbonyl (C=O) groups is 8. The van der Waals surface area contributed by atoms with Crippen molar-refractivity contribution < 1.29 is 130 Å². The zero-order valence-corrected chi connectivity index (χ0v) is 66.6. The summed E-state index contributed by atoms with van der Waals surface area (Å²) in [6, 6.07) is 25.1. The van der Waals surface area contributed by atoms with E-state index < -0.39 is 54.6 Å². The largest absolute Gasteiger partial charge is 0.508 e. The zero-order valence-electron chi connectivity index (χ0n) is 65.8. The highest BCUT2D eigenvalue weighted by Crippen LogP contribution is 2.43. The number of phenols is 1. The van der Waals surface area contributed by atoms with Gasteiger partial charge in [-0.2, -0.15) is 0 Å². The molecule has 648 valence electrons. The van der Waals surface area contributed by atoms with Crippen LogP contribution in [-0.4, -0.2) is 280 Å². The number of nitrogens with zero attached hydrogens (tertiary/aromatic N) is 1. The Labute approximate surface area is 689 Å². The molecule has 0 unspecified atom stereocenters. The van der Waals surface area contributed by atoms with Gasteiger partial charge in [0.15, 0.2) is 17.3 Å². The Balaban J connectivity index is 0.551. The summed E-state index contributed by atoms with van der Waals surface area (Å²) >= 11 is 1.11. The molecular weight excluding hydrogens is 1580 g/mol. The molecule has 5 aromatic rings. The second-order valence-corrected chi connectivity index (χ2v) is 26.8. The molecule has 39 heteroatoms. The van der Waals surface area contributed by atoms with Crippen LogP contribution in [0.3, 0.4) is 0 Å². The third kappa shape index (κ3) is 37.2. The minimum atomic E-state index is -1.46. The maximum Gasteiger partial charge on any atom is 0.336 e. The van der Waals surface area contributed by atoms with Crippen molar-refractivity contribution in [1.29, 1.82) is 5.41 Å². The monoisotopic (exact) mass is 1680 g/mol. The number of carboxylic acids is 2. The van der Waals surface area contributed by atoms with Crippen LogP contribution in [0, 0.1) is 5.41 Å². The number of carbonyl (C=O) groups excluding carboxylic acids is 6. The van der Waals surface area contributed by atoms with Gasteiger partial charge in [0.05, 0.1) is 189 Å². The Morgan fingerprint density at radius 1 is 0.504 bits per heavy atom. The smallest absolute Gasteiger partial charge is 0.336 e. The van der Waals surface area contributed by atoms with Crippen molar-refractivity contribution in [3.05, 3.63) is 131 Å². The van der Waals surface area contributed by atoms with E-state index in [1.807, 2.05) is 0 Å². The van der Waals surface area contributed by atoms with E-state index in [-0.39, 0.29) is 127 Å². The van der Waals surface area contributed by atoms with Gasteiger partial charge in [-0.05, 0) is 90.8 Å². The van der Waals surface area contributed by atoms with Gasteiger partial charge in [0.2, 0.25) is 35.4 Å². The van der Waals surface area contributed by atoms with E-state index in [1.54, 1.807) is 48.5 Å². The number of ether oxygens (including phenoxy) is 13. The zero-order chi connectivity index (χ0) is 85.2. The van der Waals surface area contributed by atoms with E-state index in [9.17, 15) is 68.7 Å². The van der Waals surface area contributed by atoms with Gasteiger partial charge < -0.3 is 134 Å². The molecule has 4 aromatic carbocycles. The molecule has 2 heterocycles. The predicted molar refractivity (Wildman–Crippen MR) is 434 cm³/mol. The van der Waals surface area contributed by atoms with Gasteiger partial charge in [0, 0.05) is 102 Å². The van der Waals surface area contributed by atoms with Crippen LogP contribution in [0.25, 0.3) is 33.4 Å². The average Bonchev–Trinajstić information content (AvgIpc) is 1.39. The molecule has 1 atom stereocenters. The van der Waals surface area contributed by atoms with Crippen LogP contribution in [0.1, 0.15) is 52.8 Å². The van der Waals surface area contributed by atoms with Gasteiger partial charge in [0.1, 0.15) is 28.9 Å². The number of carboxylic acid groups (broad SMARTS) is 2. The SMILES string of the molecule is N=C(N)Nc1cccc(C(=O)NCC(=O)N[C@@H](CC(=O)O)C(=O)Nc2ccc(OCCCNC(=O)CCOCCOCCOCCOCCOCCOCCOCCOCCOCCOCCOCCOCCNC(=O)CCn3c(O)cc(SCCC(=O)Nc4ccc(-c5c6ccc(=O)cc-6oc6cc(O)ccc56)c(C(=O)O)c4)c3O)cc2)c1. The number of thioether (sulfide) groups is 1. The van der Waals surface area contributed by atoms with E-state index in [0.29, 0.717) is 202 Å². The van der Waals surface area contributed by atoms with Gasteiger partial charge >= 0.3 is 11.9 Å². The number of rotatable bonds is 63. The van der Waals surface area contributed by atoms with Crippen molar-refractivity contribution in [3.8, 4) is 45.7 Å². The molecule has 1 aliphatic carbocycles. The first-order valence-corrected chi connectivity index (χ1v) is 39.3. The predicted octanol–water partition coefficient (Wildman–Crippen LogP) is 4.62. The standard InChI is InChI=1S/C80H104N10O28S/c81-80(82)88-56-4-1-3-54(47-56)76(100)85-53-72(96)89-65(51-74(98)99)77(101)87-55-5-10-60(11-6-55)117-21-2-18-83-70(94)16-22-105-24-26-107-28-30-109-32-34-111-36-38-113-40-42-115-44-45-116-43-41-114-39-37-112-35-33-110-31-29-108-27-25-106-23-19-84-69(93)15-20-90-73(97)52-68(78(90)102)119-46-17-71(95)86-57-7-12-61(64(48-57)79(103)104)75-62-13-8-58(91)49-66(62)118-67-50-59(92)9-14-63(67)75/h1,3-14,47-50,52,65,91,97,102H,2,15-46,51,53H2,(H,83,94)(H,84,93)(H,85,100)(H,86,95)(H,87,101)(H,89,96)(H,98,99)(H,103,104)(H4,81,82,88)/t65-/m0/s1. The number of fused-ring (bicyclic) bond motifs is 2. The second-order valence-electron chi connectivity index (χ2n) is 25.7. The number of hydrogen-bond acceptors (Lipinski definition) is 28. The van der Waals surface area contributed by atoms with Crippen LogP contribution in [-0.2, 0) is 92.2 Å². The molecule has 0 bridgehead atoms. The average molecular weight is 1690 g/mol. The number of guanidine groups is 1. The van der Waals surface area contributed by atoms with Crippen LogP contribution in [0.2, 0.25) is 0 Å². The van der Waals surface area contributed by atoms with E-state index in [2.05, 4.69) is 37.2 Å². The molecule has 2 aliphatic rings. The number of benzene rings is 5. The normalized spacial score (nSPS) is 11.5. The minimum Gasteiger partial charge on any atom is -0.508 e. The summed E-state index contributed by atoms with van der Waals surface area (Å²) in [5, 5.41) is 77.0. The highest BCUT2D eigenvalue weighted by molar-refractivity contribution is 7.99. The molecule has 7 rings (SSSR count). The van der Waals surface area contributed by atoms with Crippen LogP contribution in [0.5, 0.6) is 23.3 Å². The maximum absolute atomic E-state index is 13.0. The lowest BCUT2D eigenvalue weighted by atomic mass is 9.90. The lowest BCUT2D eigenvalue weighted by molar-refractivity contribution is -0.139. The Bertz CT molecular complexity index is 4360. The molecule has 6 amide bonds. The van der Waals surface area contributed by atoms with Crippen molar-refractivity contribution >= 4 is 93.1 Å². The molecule has 0 radical (unpaired) electrons. The number of aliphatic carboxylic acids is 1. The van der Waals surface area contributed by atoms with E-state index in [1.165, 1.54) is 65.2 Å². The minimum absolute atomic E-state index is 0.0237. The number of anilines is 3. The summed E-state index contributed by atoms with van der Waals surface area (Å²) in [5.74, 6) is -5.88. The molecule has 1 aromatic heterocycles. The first-order valence-electron chi connectivity index (χ1n) is 38.3. The fourth-order valence-electron chi connectivity index (χ4n) is 10.9. The molecule has 0 fully saturated rings. The summed E-state index contributed by atoms with van der Waals surface area (Å²) in [5.41, 5.74) is 7.39. The van der Waals surface area contributed by atoms with Crippen LogP contribution < -0.4 is 53.1 Å². The van der Waals surface area contributed by atoms with Crippen LogP contribution in [0.4, 0.5) is 17.1 Å². The van der Waals surface area contributed by atoms with Crippen molar-refractivity contribution in [2.24, 2.45) is 5.73 Å². The first-order chi connectivity index (χ1) is 57.7. The highest BCUT2D eigenvalue weighted by atomic mass is 32.2. The Morgan fingerprint density at radius 2 is 1.04 bits per heavy atom. The Morgan fingerprint density at radius 3 is 1.61 bits per heavy atom. The van der Waals surface area contributed by atoms with Gasteiger partial charge in [-0.3, -0.25) is 48.3 Å². The molecule has 15 N–H and O–H groups in total. The van der Waals surface area contributed by atoms with E-state index in [4.69, 9.17) is 77.1 Å². The molecule has 0 saturated heterocycles. The number of aromatic nitrogens is 1. The van der Waals surface area contributed by atoms with Gasteiger partial charge in [-0.15, -0.1) is 11.8 Å². The topological polar surface area (TPSA) is 527 Å². The number of amides is 6. The number of aromatic hydroxyl groups is 3. The fraction of sp³-hybridized carbons (Fsp3) is 0.450. The maximum atomic E-state index is 13.0. The number of aromatic carboxylic acids is 1. The summed E-state index contributed by atoms with van der Waals surface area (Å²) < 4.78 is 79.1. The second kappa shape index (κ2) is 54.8. The first kappa shape index (κ1) is 95.1. The number of hydrogen-bond donors (Lipinski definition) is 14. The molecular formula is C80H104N10O28S. The molecule has 0 saturated carbocycles. The van der Waals surface area contributed by atoms with Crippen molar-refractivity contribution in [1.82, 2.24) is 25.8 Å². The quantitative estimate of drug-likeness (QED) is 0.00813. The van der Waals surface area contributed by atoms with Gasteiger partial charge in [0.25, 0.3) is 5.91 Å². The van der Waals surface area contributed by atoms with Gasteiger partial charge in [-0.25, -0.2) is 4.79 Å². The Hall–Kier alpha value is -11.1. The van der Waals surface area contributed by atoms with E-state index in [0.717, 1.165) is 11.8 Å².